The molecule has 25 heavy (non-hydrogen) atoms. The quantitative estimate of drug-likeness (QED) is 0.549. The molecule has 134 valence electrons. The van der Waals surface area contributed by atoms with E-state index in [0.717, 1.165) is 4.90 Å². The fourth-order valence-corrected chi connectivity index (χ4v) is 2.82. The summed E-state index contributed by atoms with van der Waals surface area (Å²) in [6.07, 6.45) is 0.0210. The largest absolute Gasteiger partial charge is 0.469 e. The van der Waals surface area contributed by atoms with Crippen molar-refractivity contribution in [2.45, 2.75) is 20.3 Å². The Balaban J connectivity index is 1.96. The summed E-state index contributed by atoms with van der Waals surface area (Å²) in [6.45, 7) is 4.19. The minimum atomic E-state index is -0.437. The summed E-state index contributed by atoms with van der Waals surface area (Å²) < 4.78 is 4.67. The first-order chi connectivity index (χ1) is 11.9. The van der Waals surface area contributed by atoms with Crippen molar-refractivity contribution < 1.29 is 23.9 Å². The molecule has 1 aromatic carbocycles. The number of imide groups is 1. The van der Waals surface area contributed by atoms with Crippen molar-refractivity contribution in [3.63, 3.8) is 0 Å². The molecule has 2 rings (SSSR count). The van der Waals surface area contributed by atoms with E-state index in [2.05, 4.69) is 4.74 Å². The minimum absolute atomic E-state index is 0.0210. The predicted octanol–water partition coefficient (Wildman–Crippen LogP) is 1.33. The normalized spacial score (nSPS) is 14.3. The molecule has 3 amide bonds. The van der Waals surface area contributed by atoms with Crippen molar-refractivity contribution >= 4 is 23.7 Å². The Labute approximate surface area is 146 Å². The van der Waals surface area contributed by atoms with Gasteiger partial charge in [0, 0.05) is 26.1 Å². The molecule has 0 fully saturated rings. The van der Waals surface area contributed by atoms with E-state index in [1.54, 1.807) is 31.2 Å². The number of carbonyl (C=O) groups is 4. The third kappa shape index (κ3) is 3.87. The van der Waals surface area contributed by atoms with Gasteiger partial charge < -0.3 is 9.64 Å². The lowest BCUT2D eigenvalue weighted by atomic mass is 10.1. The summed E-state index contributed by atoms with van der Waals surface area (Å²) in [5.74, 6) is -1.78. The number of hydrogen-bond donors (Lipinski definition) is 0. The molecule has 1 atom stereocenters. The molecule has 7 nitrogen and oxygen atoms in total. The van der Waals surface area contributed by atoms with Crippen LogP contribution in [0.1, 0.15) is 41.0 Å². The summed E-state index contributed by atoms with van der Waals surface area (Å²) >= 11 is 0. The van der Waals surface area contributed by atoms with Crippen LogP contribution in [0.5, 0.6) is 0 Å². The van der Waals surface area contributed by atoms with Crippen molar-refractivity contribution in [3.8, 4) is 0 Å². The van der Waals surface area contributed by atoms with Crippen LogP contribution in [0.2, 0.25) is 0 Å². The number of amides is 3. The number of esters is 1. The second-order valence-corrected chi connectivity index (χ2v) is 5.91. The Morgan fingerprint density at radius 2 is 1.72 bits per heavy atom. The molecule has 1 heterocycles. The zero-order chi connectivity index (χ0) is 18.6. The lowest BCUT2D eigenvalue weighted by Gasteiger charge is -2.24. The summed E-state index contributed by atoms with van der Waals surface area (Å²) in [5.41, 5.74) is 0.734. The first-order valence-electron chi connectivity index (χ1n) is 8.21. The summed E-state index contributed by atoms with van der Waals surface area (Å²) in [6, 6.07) is 6.61. The monoisotopic (exact) mass is 346 g/mol. The summed E-state index contributed by atoms with van der Waals surface area (Å²) in [5, 5.41) is 0. The molecular weight excluding hydrogens is 324 g/mol. The van der Waals surface area contributed by atoms with Gasteiger partial charge in [-0.25, -0.2) is 0 Å². The summed E-state index contributed by atoms with van der Waals surface area (Å²) in [4.78, 5) is 51.1. The van der Waals surface area contributed by atoms with Gasteiger partial charge in [0.25, 0.3) is 11.8 Å². The van der Waals surface area contributed by atoms with Crippen LogP contribution in [0.4, 0.5) is 0 Å². The maximum atomic E-state index is 12.4. The Morgan fingerprint density at radius 1 is 1.16 bits per heavy atom. The molecule has 1 aliphatic rings. The maximum Gasteiger partial charge on any atom is 0.310 e. The molecule has 1 aliphatic heterocycles. The van der Waals surface area contributed by atoms with Crippen LogP contribution in [0, 0.1) is 5.92 Å². The number of ether oxygens (including phenoxy) is 1. The van der Waals surface area contributed by atoms with Gasteiger partial charge in [0.1, 0.15) is 0 Å². The van der Waals surface area contributed by atoms with Gasteiger partial charge >= 0.3 is 5.97 Å². The number of nitrogens with zero attached hydrogens (tertiary/aromatic N) is 2. The van der Waals surface area contributed by atoms with E-state index < -0.39 is 5.92 Å². The molecular formula is C18H22N2O5. The van der Waals surface area contributed by atoms with Crippen LogP contribution in [0.25, 0.3) is 0 Å². The van der Waals surface area contributed by atoms with E-state index in [-0.39, 0.29) is 43.2 Å². The molecule has 1 unspecified atom stereocenters. The number of hydrogen-bond acceptors (Lipinski definition) is 5. The number of benzene rings is 1. The molecule has 0 aromatic heterocycles. The smallest absolute Gasteiger partial charge is 0.310 e. The Hall–Kier alpha value is -2.70. The first kappa shape index (κ1) is 18.6. The van der Waals surface area contributed by atoms with Crippen LogP contribution in [0.15, 0.2) is 24.3 Å². The Morgan fingerprint density at radius 3 is 2.20 bits per heavy atom. The van der Waals surface area contributed by atoms with Crippen LogP contribution in [-0.2, 0) is 14.3 Å². The van der Waals surface area contributed by atoms with Gasteiger partial charge in [-0.2, -0.15) is 0 Å². The SMILES string of the molecule is CCN(CC(C)C(=O)OC)C(=O)CCN1C(=O)c2ccccc2C1=O. The highest BCUT2D eigenvalue weighted by molar-refractivity contribution is 6.21. The van der Waals surface area contributed by atoms with E-state index in [1.807, 2.05) is 6.92 Å². The molecule has 0 N–H and O–H groups in total. The highest BCUT2D eigenvalue weighted by atomic mass is 16.5. The first-order valence-corrected chi connectivity index (χ1v) is 8.21. The Kier molecular flexibility index (Phi) is 5.90. The third-order valence-corrected chi connectivity index (χ3v) is 4.26. The fourth-order valence-electron chi connectivity index (χ4n) is 2.82. The maximum absolute atomic E-state index is 12.4. The number of methoxy groups -OCH3 is 1. The average molecular weight is 346 g/mol. The lowest BCUT2D eigenvalue weighted by molar-refractivity contribution is -0.146. The van der Waals surface area contributed by atoms with Gasteiger partial charge in [-0.1, -0.05) is 19.1 Å². The lowest BCUT2D eigenvalue weighted by Crippen LogP contribution is -2.40. The average Bonchev–Trinajstić information content (AvgIpc) is 2.87. The minimum Gasteiger partial charge on any atom is -0.469 e. The van der Waals surface area contributed by atoms with Gasteiger partial charge in [0.05, 0.1) is 24.2 Å². The fraction of sp³-hybridized carbons (Fsp3) is 0.444. The van der Waals surface area contributed by atoms with Crippen molar-refractivity contribution in [3.05, 3.63) is 35.4 Å². The molecule has 0 aliphatic carbocycles. The van der Waals surface area contributed by atoms with E-state index in [4.69, 9.17) is 0 Å². The predicted molar refractivity (Wildman–Crippen MR) is 89.9 cm³/mol. The molecule has 0 radical (unpaired) electrons. The highest BCUT2D eigenvalue weighted by Gasteiger charge is 2.35. The van der Waals surface area contributed by atoms with Gasteiger partial charge in [-0.05, 0) is 19.1 Å². The number of rotatable bonds is 7. The highest BCUT2D eigenvalue weighted by Crippen LogP contribution is 2.22. The molecule has 7 heteroatoms. The van der Waals surface area contributed by atoms with Gasteiger partial charge in [-0.3, -0.25) is 24.1 Å². The van der Waals surface area contributed by atoms with Gasteiger partial charge in [0.2, 0.25) is 5.91 Å². The molecule has 0 saturated carbocycles. The van der Waals surface area contributed by atoms with Crippen LogP contribution >= 0.6 is 0 Å². The van der Waals surface area contributed by atoms with Crippen LogP contribution in [0.3, 0.4) is 0 Å². The number of carbonyl (C=O) groups excluding carboxylic acids is 4. The van der Waals surface area contributed by atoms with Crippen LogP contribution in [-0.4, -0.2) is 60.2 Å². The molecule has 0 spiro atoms. The van der Waals surface area contributed by atoms with E-state index >= 15 is 0 Å². The van der Waals surface area contributed by atoms with E-state index in [0.29, 0.717) is 17.7 Å². The van der Waals surface area contributed by atoms with Gasteiger partial charge in [0.15, 0.2) is 0 Å². The van der Waals surface area contributed by atoms with Crippen molar-refractivity contribution in [1.82, 2.24) is 9.80 Å². The standard InChI is InChI=1S/C18H22N2O5/c1-4-19(11-12(2)18(24)25-3)15(21)9-10-20-16(22)13-7-5-6-8-14(13)17(20)23/h5-8,12H,4,9-11H2,1-3H3. The van der Waals surface area contributed by atoms with Crippen molar-refractivity contribution in [2.75, 3.05) is 26.7 Å². The molecule has 0 bridgehead atoms. The van der Waals surface area contributed by atoms with Crippen LogP contribution < -0.4 is 0 Å². The topological polar surface area (TPSA) is 84.0 Å². The van der Waals surface area contributed by atoms with Gasteiger partial charge in [-0.15, -0.1) is 0 Å². The van der Waals surface area contributed by atoms with Crippen molar-refractivity contribution in [1.29, 1.82) is 0 Å². The van der Waals surface area contributed by atoms with E-state index in [9.17, 15) is 19.2 Å². The second-order valence-electron chi connectivity index (χ2n) is 5.91. The third-order valence-electron chi connectivity index (χ3n) is 4.26. The van der Waals surface area contributed by atoms with E-state index in [1.165, 1.54) is 12.0 Å². The van der Waals surface area contributed by atoms with Crippen molar-refractivity contribution in [2.24, 2.45) is 5.92 Å². The Bertz CT molecular complexity index is 665. The zero-order valence-corrected chi connectivity index (χ0v) is 14.7. The summed E-state index contributed by atoms with van der Waals surface area (Å²) in [7, 11) is 1.30. The molecule has 0 saturated heterocycles. The number of fused-ring (bicyclic) bond motifs is 1. The zero-order valence-electron chi connectivity index (χ0n) is 14.7. The second kappa shape index (κ2) is 7.92. The molecule has 1 aromatic rings.